The molecule has 2 heterocycles. The maximum absolute atomic E-state index is 5.46. The highest BCUT2D eigenvalue weighted by molar-refractivity contribution is 5.49. The maximum atomic E-state index is 5.46. The summed E-state index contributed by atoms with van der Waals surface area (Å²) in [4.78, 5) is 4.11. The third-order valence-corrected chi connectivity index (χ3v) is 2.71. The molecule has 0 aliphatic carbocycles. The molecule has 0 spiro atoms. The fourth-order valence-corrected chi connectivity index (χ4v) is 1.74. The van der Waals surface area contributed by atoms with Crippen LogP contribution in [0.5, 0.6) is 0 Å². The molecule has 0 aliphatic heterocycles. The largest absolute Gasteiger partial charge is 0.467 e. The van der Waals surface area contributed by atoms with Crippen molar-refractivity contribution < 1.29 is 4.42 Å². The highest BCUT2D eigenvalue weighted by Gasteiger charge is 2.12. The molecule has 1 N–H and O–H groups in total. The van der Waals surface area contributed by atoms with Crippen molar-refractivity contribution in [1.82, 2.24) is 4.98 Å². The van der Waals surface area contributed by atoms with Gasteiger partial charge in [0.15, 0.2) is 0 Å². The Bertz CT molecular complexity index is 476. The number of hydrogen-bond donors (Lipinski definition) is 1. The van der Waals surface area contributed by atoms with Crippen LogP contribution in [0.2, 0.25) is 0 Å². The van der Waals surface area contributed by atoms with Crippen LogP contribution >= 0.6 is 0 Å². The highest BCUT2D eigenvalue weighted by atomic mass is 16.3. The van der Waals surface area contributed by atoms with Gasteiger partial charge in [0.2, 0.25) is 0 Å². The molecule has 0 aromatic carbocycles. The number of anilines is 1. The molecule has 0 saturated carbocycles. The molecule has 0 radical (unpaired) electrons. The van der Waals surface area contributed by atoms with E-state index in [2.05, 4.69) is 24.1 Å². The van der Waals surface area contributed by atoms with Crippen LogP contribution in [0.15, 0.2) is 35.2 Å². The second-order valence-electron chi connectivity index (χ2n) is 4.02. The van der Waals surface area contributed by atoms with Crippen molar-refractivity contribution in [2.24, 2.45) is 0 Å². The van der Waals surface area contributed by atoms with Crippen LogP contribution in [0.1, 0.15) is 29.9 Å². The summed E-state index contributed by atoms with van der Waals surface area (Å²) in [6.07, 6.45) is 5.35. The van der Waals surface area contributed by atoms with E-state index in [1.54, 1.807) is 12.5 Å². The van der Waals surface area contributed by atoms with E-state index < -0.39 is 0 Å². The summed E-state index contributed by atoms with van der Waals surface area (Å²) in [5.41, 5.74) is 3.40. The van der Waals surface area contributed by atoms with E-state index in [-0.39, 0.29) is 6.04 Å². The number of pyridine rings is 1. The normalized spacial score (nSPS) is 12.4. The van der Waals surface area contributed by atoms with Gasteiger partial charge in [0.05, 0.1) is 24.2 Å². The third-order valence-electron chi connectivity index (χ3n) is 2.71. The molecular weight excluding hydrogens is 200 g/mol. The highest BCUT2D eigenvalue weighted by Crippen LogP contribution is 2.23. The predicted molar refractivity (Wildman–Crippen MR) is 64.5 cm³/mol. The van der Waals surface area contributed by atoms with Crippen molar-refractivity contribution in [3.05, 3.63) is 47.7 Å². The van der Waals surface area contributed by atoms with Crippen LogP contribution in [-0.4, -0.2) is 4.98 Å². The van der Waals surface area contributed by atoms with Crippen molar-refractivity contribution in [2.45, 2.75) is 26.8 Å². The lowest BCUT2D eigenvalue weighted by Gasteiger charge is -2.15. The minimum absolute atomic E-state index is 0.151. The topological polar surface area (TPSA) is 38.1 Å². The minimum Gasteiger partial charge on any atom is -0.467 e. The van der Waals surface area contributed by atoms with E-state index >= 15 is 0 Å². The molecule has 84 valence electrons. The van der Waals surface area contributed by atoms with Gasteiger partial charge in [-0.25, -0.2) is 0 Å². The van der Waals surface area contributed by atoms with E-state index in [9.17, 15) is 0 Å². The SMILES string of the molecule is Cc1ccncc1NC(C)c1occc1C. The molecule has 2 aromatic heterocycles. The van der Waals surface area contributed by atoms with Crippen LogP contribution in [0.25, 0.3) is 0 Å². The van der Waals surface area contributed by atoms with Gasteiger partial charge in [-0.1, -0.05) is 0 Å². The van der Waals surface area contributed by atoms with Crippen LogP contribution in [0.4, 0.5) is 5.69 Å². The van der Waals surface area contributed by atoms with E-state index in [0.29, 0.717) is 0 Å². The standard InChI is InChI=1S/C13H16N2O/c1-9-4-6-14-8-12(9)15-11(3)13-10(2)5-7-16-13/h4-8,11,15H,1-3H3. The number of hydrogen-bond acceptors (Lipinski definition) is 3. The lowest BCUT2D eigenvalue weighted by molar-refractivity contribution is 0.487. The Morgan fingerprint density at radius 3 is 2.69 bits per heavy atom. The number of rotatable bonds is 3. The number of aromatic nitrogens is 1. The molecule has 0 fully saturated rings. The van der Waals surface area contributed by atoms with Gasteiger partial charge < -0.3 is 9.73 Å². The molecule has 0 saturated heterocycles. The third kappa shape index (κ3) is 2.08. The zero-order chi connectivity index (χ0) is 11.5. The Balaban J connectivity index is 2.17. The van der Waals surface area contributed by atoms with Crippen LogP contribution < -0.4 is 5.32 Å². The Hall–Kier alpha value is -1.77. The molecule has 1 atom stereocenters. The van der Waals surface area contributed by atoms with Gasteiger partial charge in [0, 0.05) is 6.20 Å². The Labute approximate surface area is 95.5 Å². The van der Waals surface area contributed by atoms with Crippen LogP contribution in [0, 0.1) is 13.8 Å². The average molecular weight is 216 g/mol. The molecule has 16 heavy (non-hydrogen) atoms. The van der Waals surface area contributed by atoms with Gasteiger partial charge in [-0.2, -0.15) is 0 Å². The second-order valence-corrected chi connectivity index (χ2v) is 4.02. The Morgan fingerprint density at radius 2 is 2.06 bits per heavy atom. The number of aryl methyl sites for hydroxylation is 2. The smallest absolute Gasteiger partial charge is 0.128 e. The van der Waals surface area contributed by atoms with Crippen molar-refractivity contribution in [2.75, 3.05) is 5.32 Å². The van der Waals surface area contributed by atoms with Crippen molar-refractivity contribution in [3.8, 4) is 0 Å². The second kappa shape index (κ2) is 4.39. The van der Waals surface area contributed by atoms with E-state index in [0.717, 1.165) is 11.4 Å². The summed E-state index contributed by atoms with van der Waals surface area (Å²) in [5.74, 6) is 0.975. The van der Waals surface area contributed by atoms with Crippen molar-refractivity contribution >= 4 is 5.69 Å². The summed E-state index contributed by atoms with van der Waals surface area (Å²) in [7, 11) is 0. The van der Waals surface area contributed by atoms with E-state index in [4.69, 9.17) is 4.42 Å². The lowest BCUT2D eigenvalue weighted by atomic mass is 10.1. The van der Waals surface area contributed by atoms with Crippen LogP contribution in [0.3, 0.4) is 0 Å². The van der Waals surface area contributed by atoms with Crippen molar-refractivity contribution in [3.63, 3.8) is 0 Å². The van der Waals surface area contributed by atoms with Crippen molar-refractivity contribution in [1.29, 1.82) is 0 Å². The molecular formula is C13H16N2O. The Morgan fingerprint density at radius 1 is 1.25 bits per heavy atom. The molecule has 2 aromatic rings. The van der Waals surface area contributed by atoms with Gasteiger partial charge in [-0.3, -0.25) is 4.98 Å². The first-order chi connectivity index (χ1) is 7.68. The predicted octanol–water partition coefficient (Wildman–Crippen LogP) is 3.46. The maximum Gasteiger partial charge on any atom is 0.128 e. The van der Waals surface area contributed by atoms with Gasteiger partial charge in [-0.05, 0) is 44.0 Å². The first-order valence-electron chi connectivity index (χ1n) is 5.39. The molecule has 0 amide bonds. The van der Waals surface area contributed by atoms with E-state index in [1.165, 1.54) is 11.1 Å². The molecule has 2 rings (SSSR count). The summed E-state index contributed by atoms with van der Waals surface area (Å²) in [6, 6.07) is 4.12. The molecule has 0 bridgehead atoms. The minimum atomic E-state index is 0.151. The fourth-order valence-electron chi connectivity index (χ4n) is 1.74. The van der Waals surface area contributed by atoms with E-state index in [1.807, 2.05) is 25.3 Å². The zero-order valence-electron chi connectivity index (χ0n) is 9.82. The summed E-state index contributed by atoms with van der Waals surface area (Å²) in [6.45, 7) is 6.19. The number of furan rings is 1. The molecule has 1 unspecified atom stereocenters. The van der Waals surface area contributed by atoms with Gasteiger partial charge >= 0.3 is 0 Å². The van der Waals surface area contributed by atoms with Gasteiger partial charge in [0.25, 0.3) is 0 Å². The summed E-state index contributed by atoms with van der Waals surface area (Å²) >= 11 is 0. The van der Waals surface area contributed by atoms with Gasteiger partial charge in [-0.15, -0.1) is 0 Å². The Kier molecular flexibility index (Phi) is 2.95. The lowest BCUT2D eigenvalue weighted by Crippen LogP contribution is -2.08. The average Bonchev–Trinajstić information content (AvgIpc) is 2.68. The molecule has 3 nitrogen and oxygen atoms in total. The zero-order valence-corrected chi connectivity index (χ0v) is 9.82. The monoisotopic (exact) mass is 216 g/mol. The summed E-state index contributed by atoms with van der Waals surface area (Å²) in [5, 5.41) is 3.40. The first-order valence-corrected chi connectivity index (χ1v) is 5.39. The summed E-state index contributed by atoms with van der Waals surface area (Å²) < 4.78 is 5.46. The quantitative estimate of drug-likeness (QED) is 0.853. The number of nitrogens with one attached hydrogen (secondary N) is 1. The van der Waals surface area contributed by atoms with Crippen LogP contribution in [-0.2, 0) is 0 Å². The molecule has 0 aliphatic rings. The van der Waals surface area contributed by atoms with Gasteiger partial charge in [0.1, 0.15) is 5.76 Å². The fraction of sp³-hybridized carbons (Fsp3) is 0.308. The first kappa shape index (κ1) is 10.7. The number of nitrogens with zero attached hydrogens (tertiary/aromatic N) is 1. The molecule has 3 heteroatoms.